The van der Waals surface area contributed by atoms with E-state index < -0.39 is 0 Å². The molecule has 0 spiro atoms. The summed E-state index contributed by atoms with van der Waals surface area (Å²) in [5, 5.41) is 0. The number of ketones is 1. The third-order valence-corrected chi connectivity index (χ3v) is 3.22. The van der Waals surface area contributed by atoms with Crippen LogP contribution in [0.3, 0.4) is 0 Å². The average molecular weight is 228 g/mol. The van der Waals surface area contributed by atoms with E-state index in [1.165, 1.54) is 4.90 Å². The van der Waals surface area contributed by atoms with Gasteiger partial charge in [-0.1, -0.05) is 42.1 Å². The van der Waals surface area contributed by atoms with Gasteiger partial charge in [-0.15, -0.1) is 0 Å². The van der Waals surface area contributed by atoms with E-state index in [4.69, 9.17) is 0 Å². The van der Waals surface area contributed by atoms with Crippen LogP contribution in [0.25, 0.3) is 0 Å². The Balaban J connectivity index is 2.22. The molecule has 0 aliphatic carbocycles. The van der Waals surface area contributed by atoms with Gasteiger partial charge >= 0.3 is 0 Å². The van der Waals surface area contributed by atoms with E-state index in [0.29, 0.717) is 0 Å². The molecule has 0 aliphatic heterocycles. The van der Waals surface area contributed by atoms with Gasteiger partial charge in [0.1, 0.15) is 0 Å². The van der Waals surface area contributed by atoms with Crippen molar-refractivity contribution in [1.29, 1.82) is 0 Å². The summed E-state index contributed by atoms with van der Waals surface area (Å²) < 4.78 is 0. The maximum absolute atomic E-state index is 11.2. The predicted molar refractivity (Wildman–Crippen MR) is 67.0 cm³/mol. The molecule has 2 heteroatoms. The molecule has 0 aromatic heterocycles. The number of benzene rings is 2. The first-order chi connectivity index (χ1) is 7.75. The molecule has 2 aromatic carbocycles. The smallest absolute Gasteiger partial charge is 0.159 e. The second kappa shape index (κ2) is 4.99. The quantitative estimate of drug-likeness (QED) is 0.737. The Morgan fingerprint density at radius 2 is 1.62 bits per heavy atom. The fraction of sp³-hybridized carbons (Fsp3) is 0.0714. The Labute approximate surface area is 99.5 Å². The number of carbonyl (C=O) groups is 1. The molecule has 0 bridgehead atoms. The maximum atomic E-state index is 11.2. The average Bonchev–Trinajstić information content (AvgIpc) is 2.30. The van der Waals surface area contributed by atoms with Gasteiger partial charge in [0.15, 0.2) is 5.78 Å². The van der Waals surface area contributed by atoms with Crippen LogP contribution in [0.2, 0.25) is 0 Å². The van der Waals surface area contributed by atoms with E-state index in [1.807, 2.05) is 42.5 Å². The fourth-order valence-electron chi connectivity index (χ4n) is 1.40. The molecule has 1 nitrogen and oxygen atoms in total. The Morgan fingerprint density at radius 1 is 0.938 bits per heavy atom. The topological polar surface area (TPSA) is 17.1 Å². The molecular weight excluding hydrogens is 216 g/mol. The highest BCUT2D eigenvalue weighted by molar-refractivity contribution is 7.99. The Bertz CT molecular complexity index is 491. The van der Waals surface area contributed by atoms with E-state index >= 15 is 0 Å². The summed E-state index contributed by atoms with van der Waals surface area (Å²) in [6.07, 6.45) is 0. The first-order valence-corrected chi connectivity index (χ1v) is 5.91. The van der Waals surface area contributed by atoms with E-state index in [9.17, 15) is 4.79 Å². The molecule has 0 saturated heterocycles. The molecule has 0 fully saturated rings. The molecular formula is C14H12OS. The van der Waals surface area contributed by atoms with Crippen LogP contribution >= 0.6 is 11.8 Å². The summed E-state index contributed by atoms with van der Waals surface area (Å²) in [6.45, 7) is 1.59. The van der Waals surface area contributed by atoms with Gasteiger partial charge in [-0.2, -0.15) is 0 Å². The van der Waals surface area contributed by atoms with Crippen molar-refractivity contribution in [3.05, 3.63) is 60.2 Å². The summed E-state index contributed by atoms with van der Waals surface area (Å²) in [5.74, 6) is 0.107. The molecule has 0 atom stereocenters. The van der Waals surface area contributed by atoms with Crippen LogP contribution < -0.4 is 0 Å². The summed E-state index contributed by atoms with van der Waals surface area (Å²) in [5.41, 5.74) is 0.765. The van der Waals surface area contributed by atoms with E-state index in [2.05, 4.69) is 12.1 Å². The van der Waals surface area contributed by atoms with Crippen molar-refractivity contribution in [3.63, 3.8) is 0 Å². The molecule has 0 amide bonds. The normalized spacial score (nSPS) is 10.1. The SMILES string of the molecule is CC(=O)c1cccc(Sc2ccccc2)c1. The van der Waals surface area contributed by atoms with E-state index in [1.54, 1.807) is 18.7 Å². The third kappa shape index (κ3) is 2.74. The van der Waals surface area contributed by atoms with Crippen molar-refractivity contribution in [2.75, 3.05) is 0 Å². The van der Waals surface area contributed by atoms with Gasteiger partial charge in [-0.05, 0) is 31.2 Å². The van der Waals surface area contributed by atoms with Crippen molar-refractivity contribution in [3.8, 4) is 0 Å². The minimum Gasteiger partial charge on any atom is -0.295 e. The van der Waals surface area contributed by atoms with Crippen LogP contribution in [0, 0.1) is 0 Å². The minimum absolute atomic E-state index is 0.107. The summed E-state index contributed by atoms with van der Waals surface area (Å²) in [6, 6.07) is 17.9. The summed E-state index contributed by atoms with van der Waals surface area (Å²) >= 11 is 1.67. The first kappa shape index (κ1) is 11.0. The van der Waals surface area contributed by atoms with Crippen molar-refractivity contribution >= 4 is 17.5 Å². The highest BCUT2D eigenvalue weighted by atomic mass is 32.2. The molecule has 0 radical (unpaired) electrons. The summed E-state index contributed by atoms with van der Waals surface area (Å²) in [4.78, 5) is 13.5. The van der Waals surface area contributed by atoms with Gasteiger partial charge in [0, 0.05) is 15.4 Å². The number of hydrogen-bond donors (Lipinski definition) is 0. The second-order valence-electron chi connectivity index (χ2n) is 3.50. The Morgan fingerprint density at radius 3 is 2.31 bits per heavy atom. The summed E-state index contributed by atoms with van der Waals surface area (Å²) in [7, 11) is 0. The molecule has 16 heavy (non-hydrogen) atoms. The monoisotopic (exact) mass is 228 g/mol. The van der Waals surface area contributed by atoms with E-state index in [0.717, 1.165) is 10.5 Å². The molecule has 0 unspecified atom stereocenters. The van der Waals surface area contributed by atoms with Crippen LogP contribution in [0.1, 0.15) is 17.3 Å². The van der Waals surface area contributed by atoms with Gasteiger partial charge in [0.2, 0.25) is 0 Å². The third-order valence-electron chi connectivity index (χ3n) is 2.22. The van der Waals surface area contributed by atoms with Crippen LogP contribution in [0.15, 0.2) is 64.4 Å². The Hall–Kier alpha value is -1.54. The molecule has 0 saturated carbocycles. The van der Waals surface area contributed by atoms with Gasteiger partial charge in [-0.3, -0.25) is 4.79 Å². The van der Waals surface area contributed by atoms with Gasteiger partial charge < -0.3 is 0 Å². The number of Topliss-reactive ketones (excluding diaryl/α,β-unsaturated/α-hetero) is 1. The number of hydrogen-bond acceptors (Lipinski definition) is 2. The minimum atomic E-state index is 0.107. The lowest BCUT2D eigenvalue weighted by atomic mass is 10.2. The van der Waals surface area contributed by atoms with Gasteiger partial charge in [0.05, 0.1) is 0 Å². The van der Waals surface area contributed by atoms with Crippen LogP contribution in [0.5, 0.6) is 0 Å². The van der Waals surface area contributed by atoms with Crippen molar-refractivity contribution in [2.24, 2.45) is 0 Å². The lowest BCUT2D eigenvalue weighted by Gasteiger charge is -2.02. The van der Waals surface area contributed by atoms with Gasteiger partial charge in [0.25, 0.3) is 0 Å². The lowest BCUT2D eigenvalue weighted by molar-refractivity contribution is 0.101. The van der Waals surface area contributed by atoms with E-state index in [-0.39, 0.29) is 5.78 Å². The molecule has 2 aromatic rings. The van der Waals surface area contributed by atoms with Crippen LogP contribution in [-0.2, 0) is 0 Å². The zero-order valence-corrected chi connectivity index (χ0v) is 9.83. The van der Waals surface area contributed by atoms with Crippen LogP contribution in [0.4, 0.5) is 0 Å². The zero-order chi connectivity index (χ0) is 11.4. The highest BCUT2D eigenvalue weighted by Gasteiger charge is 2.01. The van der Waals surface area contributed by atoms with Gasteiger partial charge in [-0.25, -0.2) is 0 Å². The molecule has 2 rings (SSSR count). The lowest BCUT2D eigenvalue weighted by Crippen LogP contribution is -1.90. The largest absolute Gasteiger partial charge is 0.295 e. The molecule has 0 aliphatic rings. The maximum Gasteiger partial charge on any atom is 0.159 e. The van der Waals surface area contributed by atoms with Crippen LogP contribution in [-0.4, -0.2) is 5.78 Å². The van der Waals surface area contributed by atoms with Crippen molar-refractivity contribution in [2.45, 2.75) is 16.7 Å². The molecule has 80 valence electrons. The molecule has 0 N–H and O–H groups in total. The Kier molecular flexibility index (Phi) is 3.42. The number of carbonyl (C=O) groups excluding carboxylic acids is 1. The number of rotatable bonds is 3. The van der Waals surface area contributed by atoms with Crippen molar-refractivity contribution < 1.29 is 4.79 Å². The first-order valence-electron chi connectivity index (χ1n) is 5.09. The molecule has 0 heterocycles. The zero-order valence-electron chi connectivity index (χ0n) is 9.01. The second-order valence-corrected chi connectivity index (χ2v) is 4.65. The standard InChI is InChI=1S/C14H12OS/c1-11(15)12-6-5-9-14(10-12)16-13-7-3-2-4-8-13/h2-10H,1H3. The predicted octanol–water partition coefficient (Wildman–Crippen LogP) is 4.04. The highest BCUT2D eigenvalue weighted by Crippen LogP contribution is 2.27. The van der Waals surface area contributed by atoms with Crippen molar-refractivity contribution in [1.82, 2.24) is 0 Å². The fourth-order valence-corrected chi connectivity index (χ4v) is 2.30.